The van der Waals surface area contributed by atoms with E-state index in [2.05, 4.69) is 0 Å². The predicted molar refractivity (Wildman–Crippen MR) is 128 cm³/mol. The Balaban J connectivity index is 1.35. The van der Waals surface area contributed by atoms with Crippen LogP contribution in [0.15, 0.2) is 48.5 Å². The Morgan fingerprint density at radius 2 is 1.53 bits per heavy atom. The van der Waals surface area contributed by atoms with Crippen molar-refractivity contribution in [3.63, 3.8) is 0 Å². The van der Waals surface area contributed by atoms with Gasteiger partial charge in [-0.15, -0.1) is 0 Å². The van der Waals surface area contributed by atoms with Crippen LogP contribution < -0.4 is 0 Å². The van der Waals surface area contributed by atoms with Gasteiger partial charge in [-0.2, -0.15) is 5.10 Å². The number of amides is 2. The van der Waals surface area contributed by atoms with Gasteiger partial charge in [-0.25, -0.2) is 9.07 Å². The van der Waals surface area contributed by atoms with E-state index in [0.29, 0.717) is 31.9 Å². The molecule has 3 aromatic rings. The van der Waals surface area contributed by atoms with Gasteiger partial charge in [-0.1, -0.05) is 36.2 Å². The molecule has 2 heterocycles. The van der Waals surface area contributed by atoms with Crippen molar-refractivity contribution >= 4 is 23.4 Å². The Morgan fingerprint density at radius 1 is 0.853 bits per heavy atom. The number of hydrogen-bond donors (Lipinski definition) is 0. The molecule has 0 N–H and O–H groups in total. The van der Waals surface area contributed by atoms with Crippen LogP contribution in [0.1, 0.15) is 51.4 Å². The topological polar surface area (TPSA) is 58.4 Å². The molecule has 1 aliphatic carbocycles. The molecule has 1 aromatic heterocycles. The summed E-state index contributed by atoms with van der Waals surface area (Å²) in [5, 5.41) is 4.89. The van der Waals surface area contributed by atoms with Crippen molar-refractivity contribution in [3.05, 3.63) is 81.9 Å². The van der Waals surface area contributed by atoms with E-state index in [9.17, 15) is 14.0 Å². The molecule has 8 heteroatoms. The third-order valence-corrected chi connectivity index (χ3v) is 6.96. The molecule has 6 nitrogen and oxygen atoms in total. The number of nitrogens with zero attached hydrogens (tertiary/aromatic N) is 4. The van der Waals surface area contributed by atoms with Crippen LogP contribution in [0.3, 0.4) is 0 Å². The average Bonchev–Trinajstić information content (AvgIpc) is 3.04. The number of benzene rings is 2. The molecule has 0 atom stereocenters. The minimum Gasteiger partial charge on any atom is -0.335 e. The Labute approximate surface area is 202 Å². The molecule has 0 spiro atoms. The lowest BCUT2D eigenvalue weighted by Crippen LogP contribution is -2.50. The number of halogens is 2. The third kappa shape index (κ3) is 4.32. The molecule has 5 rings (SSSR count). The molecule has 2 aromatic carbocycles. The SMILES string of the molecule is O=C(c1ccc(F)cc1Cl)N1CCN(C(=O)c2nn(-c3ccccc3)c3c2CCCCC3)CC1. The lowest BCUT2D eigenvalue weighted by Gasteiger charge is -2.34. The fraction of sp³-hybridized carbons (Fsp3) is 0.346. The molecule has 0 saturated carbocycles. The van der Waals surface area contributed by atoms with Gasteiger partial charge in [0.2, 0.25) is 0 Å². The summed E-state index contributed by atoms with van der Waals surface area (Å²) in [7, 11) is 0. The highest BCUT2D eigenvalue weighted by atomic mass is 35.5. The summed E-state index contributed by atoms with van der Waals surface area (Å²) in [6, 6.07) is 13.7. The van der Waals surface area contributed by atoms with Gasteiger partial charge in [0.05, 0.1) is 16.3 Å². The van der Waals surface area contributed by atoms with Gasteiger partial charge >= 0.3 is 0 Å². The van der Waals surface area contributed by atoms with Gasteiger partial charge in [-0.05, 0) is 56.0 Å². The first-order chi connectivity index (χ1) is 16.5. The second-order valence-corrected chi connectivity index (χ2v) is 9.20. The molecule has 1 saturated heterocycles. The quantitative estimate of drug-likeness (QED) is 0.517. The van der Waals surface area contributed by atoms with E-state index >= 15 is 0 Å². The summed E-state index contributed by atoms with van der Waals surface area (Å²) in [5.74, 6) is -0.815. The zero-order valence-corrected chi connectivity index (χ0v) is 19.6. The van der Waals surface area contributed by atoms with Crippen molar-refractivity contribution in [1.29, 1.82) is 0 Å². The second kappa shape index (κ2) is 9.58. The standard InChI is InChI=1S/C26H26ClFN4O2/c27-22-17-18(28)11-12-20(22)25(33)30-13-15-31(16-14-30)26(34)24-21-9-5-2-6-10-23(21)32(29-24)19-7-3-1-4-8-19/h1,3-4,7-8,11-12,17H,2,5-6,9-10,13-16H2. The number of para-hydroxylation sites is 1. The van der Waals surface area contributed by atoms with Crippen molar-refractivity contribution in [3.8, 4) is 5.69 Å². The highest BCUT2D eigenvalue weighted by Gasteiger charge is 2.31. The Morgan fingerprint density at radius 3 is 2.24 bits per heavy atom. The number of piperazine rings is 1. The zero-order chi connectivity index (χ0) is 23.7. The predicted octanol–water partition coefficient (Wildman–Crippen LogP) is 4.53. The number of carbonyl (C=O) groups is 2. The molecule has 1 aliphatic heterocycles. The minimum atomic E-state index is -0.481. The number of aromatic nitrogens is 2. The summed E-state index contributed by atoms with van der Waals surface area (Å²) in [6.45, 7) is 1.60. The molecule has 2 aliphatic rings. The van der Waals surface area contributed by atoms with Crippen LogP contribution in [0, 0.1) is 5.82 Å². The molecule has 0 unspecified atom stereocenters. The van der Waals surface area contributed by atoms with Gasteiger partial charge in [0.25, 0.3) is 11.8 Å². The van der Waals surface area contributed by atoms with Crippen LogP contribution in [-0.4, -0.2) is 57.6 Å². The molecule has 176 valence electrons. The molecule has 1 fully saturated rings. The highest BCUT2D eigenvalue weighted by molar-refractivity contribution is 6.33. The van der Waals surface area contributed by atoms with Crippen LogP contribution in [0.2, 0.25) is 5.02 Å². The van der Waals surface area contributed by atoms with Gasteiger partial charge < -0.3 is 9.80 Å². The maximum Gasteiger partial charge on any atom is 0.274 e. The van der Waals surface area contributed by atoms with Gasteiger partial charge in [0.1, 0.15) is 5.82 Å². The van der Waals surface area contributed by atoms with Crippen LogP contribution >= 0.6 is 11.6 Å². The summed E-state index contributed by atoms with van der Waals surface area (Å²) in [4.78, 5) is 29.9. The second-order valence-electron chi connectivity index (χ2n) is 8.79. The summed E-state index contributed by atoms with van der Waals surface area (Å²) >= 11 is 6.07. The Bertz CT molecular complexity index is 1220. The van der Waals surface area contributed by atoms with E-state index in [1.54, 1.807) is 9.80 Å². The molecule has 2 amide bonds. The zero-order valence-electron chi connectivity index (χ0n) is 18.8. The van der Waals surface area contributed by atoms with Crippen LogP contribution in [0.4, 0.5) is 4.39 Å². The van der Waals surface area contributed by atoms with E-state index < -0.39 is 5.82 Å². The number of rotatable bonds is 3. The van der Waals surface area contributed by atoms with Crippen molar-refractivity contribution in [2.75, 3.05) is 26.2 Å². The van der Waals surface area contributed by atoms with Gasteiger partial charge in [0, 0.05) is 37.4 Å². The van der Waals surface area contributed by atoms with E-state index in [1.807, 2.05) is 35.0 Å². The lowest BCUT2D eigenvalue weighted by atomic mass is 10.1. The monoisotopic (exact) mass is 480 g/mol. The fourth-order valence-electron chi connectivity index (χ4n) is 4.83. The number of fused-ring (bicyclic) bond motifs is 1. The molecular weight excluding hydrogens is 455 g/mol. The maximum atomic E-state index is 13.6. The Kier molecular flexibility index (Phi) is 6.37. The molecule has 0 bridgehead atoms. The number of carbonyl (C=O) groups excluding carboxylic acids is 2. The fourth-order valence-corrected chi connectivity index (χ4v) is 5.07. The van der Waals surface area contributed by atoms with Crippen molar-refractivity contribution in [2.45, 2.75) is 32.1 Å². The van der Waals surface area contributed by atoms with Crippen LogP contribution in [-0.2, 0) is 12.8 Å². The summed E-state index contributed by atoms with van der Waals surface area (Å²) < 4.78 is 15.3. The average molecular weight is 481 g/mol. The first-order valence-electron chi connectivity index (χ1n) is 11.7. The first-order valence-corrected chi connectivity index (χ1v) is 12.1. The molecular formula is C26H26ClFN4O2. The van der Waals surface area contributed by atoms with Crippen LogP contribution in [0.5, 0.6) is 0 Å². The van der Waals surface area contributed by atoms with Crippen molar-refractivity contribution < 1.29 is 14.0 Å². The van der Waals surface area contributed by atoms with Gasteiger partial charge in [0.15, 0.2) is 5.69 Å². The molecule has 0 radical (unpaired) electrons. The summed E-state index contributed by atoms with van der Waals surface area (Å²) in [5.41, 5.74) is 3.96. The number of hydrogen-bond acceptors (Lipinski definition) is 3. The highest BCUT2D eigenvalue weighted by Crippen LogP contribution is 2.28. The third-order valence-electron chi connectivity index (χ3n) is 6.65. The smallest absolute Gasteiger partial charge is 0.274 e. The van der Waals surface area contributed by atoms with Crippen molar-refractivity contribution in [2.24, 2.45) is 0 Å². The van der Waals surface area contributed by atoms with E-state index in [1.165, 1.54) is 12.1 Å². The maximum absolute atomic E-state index is 13.6. The Hall–Kier alpha value is -3.19. The van der Waals surface area contributed by atoms with Crippen LogP contribution in [0.25, 0.3) is 5.69 Å². The van der Waals surface area contributed by atoms with Crippen molar-refractivity contribution in [1.82, 2.24) is 19.6 Å². The normalized spacial score (nSPS) is 16.2. The first kappa shape index (κ1) is 22.6. The minimum absolute atomic E-state index is 0.0836. The lowest BCUT2D eigenvalue weighted by molar-refractivity contribution is 0.0531. The van der Waals surface area contributed by atoms with E-state index in [4.69, 9.17) is 16.7 Å². The van der Waals surface area contributed by atoms with Gasteiger partial charge in [-0.3, -0.25) is 9.59 Å². The van der Waals surface area contributed by atoms with E-state index in [-0.39, 0.29) is 22.4 Å². The summed E-state index contributed by atoms with van der Waals surface area (Å²) in [6.07, 6.45) is 5.04. The largest absolute Gasteiger partial charge is 0.335 e. The molecule has 34 heavy (non-hydrogen) atoms. The van der Waals surface area contributed by atoms with E-state index in [0.717, 1.165) is 55.1 Å².